The van der Waals surface area contributed by atoms with Crippen LogP contribution in [-0.4, -0.2) is 24.5 Å². The summed E-state index contributed by atoms with van der Waals surface area (Å²) in [4.78, 5) is 5.84. The smallest absolute Gasteiger partial charge is 0.175 e. The Labute approximate surface area is 113 Å². The van der Waals surface area contributed by atoms with E-state index in [-0.39, 0.29) is 23.6 Å². The number of anilines is 1. The monoisotopic (exact) mass is 272 g/mol. The maximum absolute atomic E-state index is 13.7. The van der Waals surface area contributed by atoms with Crippen molar-refractivity contribution in [2.45, 2.75) is 26.2 Å². The van der Waals surface area contributed by atoms with E-state index in [0.29, 0.717) is 18.8 Å². The van der Waals surface area contributed by atoms with Gasteiger partial charge in [-0.25, -0.2) is 4.39 Å². The van der Waals surface area contributed by atoms with Gasteiger partial charge in [0.1, 0.15) is 0 Å². The van der Waals surface area contributed by atoms with Crippen molar-refractivity contribution < 1.29 is 9.50 Å². The summed E-state index contributed by atoms with van der Waals surface area (Å²) in [5.41, 5.74) is 1.21. The summed E-state index contributed by atoms with van der Waals surface area (Å²) < 4.78 is 13.7. The molecule has 1 heterocycles. The molecule has 0 saturated carbocycles. The second-order valence-corrected chi connectivity index (χ2v) is 5.29. The molecular formula is C13H18ClFN2O. The fraction of sp³-hybridized carbons (Fsp3) is 0.462. The summed E-state index contributed by atoms with van der Waals surface area (Å²) in [6, 6.07) is 3.22. The predicted octanol–water partition coefficient (Wildman–Crippen LogP) is 3.10. The number of halogens is 2. The summed E-state index contributed by atoms with van der Waals surface area (Å²) in [5.74, 6) is -0.876. The van der Waals surface area contributed by atoms with Crippen LogP contribution < -0.4 is 4.90 Å². The third kappa shape index (κ3) is 2.75. The first-order chi connectivity index (χ1) is 7.89. The lowest BCUT2D eigenvalue weighted by Gasteiger charge is -2.23. The van der Waals surface area contributed by atoms with Gasteiger partial charge in [0.25, 0.3) is 0 Å². The van der Waals surface area contributed by atoms with E-state index in [0.717, 1.165) is 5.56 Å². The Kier molecular flexibility index (Phi) is 4.22. The van der Waals surface area contributed by atoms with E-state index in [9.17, 15) is 9.50 Å². The Morgan fingerprint density at radius 3 is 2.50 bits per heavy atom. The average molecular weight is 273 g/mol. The Morgan fingerprint density at radius 2 is 2.00 bits per heavy atom. The first-order valence-electron chi connectivity index (χ1n) is 5.69. The second-order valence-electron chi connectivity index (χ2n) is 5.29. The highest BCUT2D eigenvalue weighted by Crippen LogP contribution is 2.35. The molecule has 0 fully saturated rings. The zero-order valence-corrected chi connectivity index (χ0v) is 11.6. The average Bonchev–Trinajstić information content (AvgIpc) is 2.73. The van der Waals surface area contributed by atoms with Crippen LogP contribution >= 0.6 is 12.4 Å². The standard InChI is InChI=1S/C13H17FN2O.ClH/c1-13(2,3)9-6-10(14)12(17)11(7-9)16-5-4-15-8-16;/h6-8,17H,4-5H2,1-3H3;1H. The fourth-order valence-corrected chi connectivity index (χ4v) is 1.80. The summed E-state index contributed by atoms with van der Waals surface area (Å²) in [7, 11) is 0. The second kappa shape index (κ2) is 5.14. The number of aromatic hydroxyl groups is 1. The van der Waals surface area contributed by atoms with E-state index >= 15 is 0 Å². The van der Waals surface area contributed by atoms with E-state index in [1.807, 2.05) is 26.8 Å². The maximum atomic E-state index is 13.7. The van der Waals surface area contributed by atoms with Gasteiger partial charge in [-0.1, -0.05) is 20.8 Å². The van der Waals surface area contributed by atoms with Gasteiger partial charge in [-0.15, -0.1) is 12.4 Å². The molecule has 0 bridgehead atoms. The topological polar surface area (TPSA) is 35.8 Å². The van der Waals surface area contributed by atoms with E-state index in [1.165, 1.54) is 6.07 Å². The highest BCUT2D eigenvalue weighted by molar-refractivity contribution is 5.85. The van der Waals surface area contributed by atoms with Crippen molar-refractivity contribution in [1.29, 1.82) is 0 Å². The van der Waals surface area contributed by atoms with Crippen LogP contribution in [0.15, 0.2) is 17.1 Å². The van der Waals surface area contributed by atoms with Crippen LogP contribution in [0.1, 0.15) is 26.3 Å². The molecule has 0 aromatic heterocycles. The lowest BCUT2D eigenvalue weighted by molar-refractivity contribution is 0.431. The summed E-state index contributed by atoms with van der Waals surface area (Å²) in [6.07, 6.45) is 1.64. The van der Waals surface area contributed by atoms with E-state index in [4.69, 9.17) is 0 Å². The molecule has 18 heavy (non-hydrogen) atoms. The Morgan fingerprint density at radius 1 is 1.33 bits per heavy atom. The molecule has 1 aromatic rings. The predicted molar refractivity (Wildman–Crippen MR) is 74.7 cm³/mol. The van der Waals surface area contributed by atoms with Gasteiger partial charge in [0.05, 0.1) is 18.6 Å². The van der Waals surface area contributed by atoms with E-state index in [2.05, 4.69) is 4.99 Å². The van der Waals surface area contributed by atoms with Gasteiger partial charge in [-0.2, -0.15) is 0 Å². The largest absolute Gasteiger partial charge is 0.503 e. The molecular weight excluding hydrogens is 255 g/mol. The minimum atomic E-state index is -0.576. The zero-order chi connectivity index (χ0) is 12.6. The number of benzene rings is 1. The molecule has 0 amide bonds. The lowest BCUT2D eigenvalue weighted by atomic mass is 9.86. The molecule has 5 heteroatoms. The number of hydrogen-bond donors (Lipinski definition) is 1. The summed E-state index contributed by atoms with van der Waals surface area (Å²) in [5, 5.41) is 9.77. The highest BCUT2D eigenvalue weighted by Gasteiger charge is 2.22. The highest BCUT2D eigenvalue weighted by atomic mass is 35.5. The molecule has 1 aromatic carbocycles. The van der Waals surface area contributed by atoms with Crippen molar-refractivity contribution in [1.82, 2.24) is 0 Å². The van der Waals surface area contributed by atoms with Gasteiger partial charge in [-0.05, 0) is 23.1 Å². The van der Waals surface area contributed by atoms with Crippen LogP contribution in [0.3, 0.4) is 0 Å². The molecule has 100 valence electrons. The molecule has 1 aliphatic rings. The molecule has 0 radical (unpaired) electrons. The van der Waals surface area contributed by atoms with Crippen LogP contribution in [0.2, 0.25) is 0 Å². The quantitative estimate of drug-likeness (QED) is 0.853. The number of nitrogens with zero attached hydrogens (tertiary/aromatic N) is 2. The molecule has 0 atom stereocenters. The maximum Gasteiger partial charge on any atom is 0.175 e. The van der Waals surface area contributed by atoms with E-state index < -0.39 is 5.82 Å². The molecule has 2 rings (SSSR count). The van der Waals surface area contributed by atoms with Gasteiger partial charge in [0.2, 0.25) is 0 Å². The molecule has 0 unspecified atom stereocenters. The minimum absolute atomic E-state index is 0. The van der Waals surface area contributed by atoms with Crippen molar-refractivity contribution in [2.75, 3.05) is 18.0 Å². The Balaban J connectivity index is 0.00000162. The molecule has 3 nitrogen and oxygen atoms in total. The van der Waals surface area contributed by atoms with Gasteiger partial charge in [0.15, 0.2) is 11.6 Å². The molecule has 0 aliphatic carbocycles. The fourth-order valence-electron chi connectivity index (χ4n) is 1.80. The molecule has 1 N–H and O–H groups in total. The van der Waals surface area contributed by atoms with Crippen molar-refractivity contribution >= 4 is 24.4 Å². The van der Waals surface area contributed by atoms with Crippen LogP contribution in [0, 0.1) is 5.82 Å². The van der Waals surface area contributed by atoms with Crippen molar-refractivity contribution in [2.24, 2.45) is 4.99 Å². The van der Waals surface area contributed by atoms with Crippen LogP contribution in [0.4, 0.5) is 10.1 Å². The van der Waals surface area contributed by atoms with Gasteiger partial charge >= 0.3 is 0 Å². The third-order valence-electron chi connectivity index (χ3n) is 2.91. The van der Waals surface area contributed by atoms with Crippen LogP contribution in [0.25, 0.3) is 0 Å². The molecule has 0 saturated heterocycles. The van der Waals surface area contributed by atoms with Crippen molar-refractivity contribution in [3.8, 4) is 5.75 Å². The summed E-state index contributed by atoms with van der Waals surface area (Å²) in [6.45, 7) is 7.41. The Hall–Kier alpha value is -1.29. The number of rotatable bonds is 1. The number of phenolic OH excluding ortho intramolecular Hbond substituents is 1. The number of aliphatic imine (C=N–C) groups is 1. The van der Waals surface area contributed by atoms with Gasteiger partial charge in [0, 0.05) is 6.54 Å². The summed E-state index contributed by atoms with van der Waals surface area (Å²) >= 11 is 0. The zero-order valence-electron chi connectivity index (χ0n) is 10.8. The number of phenols is 1. The van der Waals surface area contributed by atoms with E-state index in [1.54, 1.807) is 11.2 Å². The Bertz CT molecular complexity index is 469. The SMILES string of the molecule is CC(C)(C)c1cc(F)c(O)c(N2C=NCC2)c1.Cl. The lowest BCUT2D eigenvalue weighted by Crippen LogP contribution is -2.20. The minimum Gasteiger partial charge on any atom is -0.503 e. The van der Waals surface area contributed by atoms with Gasteiger partial charge in [-0.3, -0.25) is 4.99 Å². The normalized spacial score (nSPS) is 14.8. The molecule has 0 spiro atoms. The first kappa shape index (κ1) is 14.8. The van der Waals surface area contributed by atoms with Gasteiger partial charge < -0.3 is 10.0 Å². The molecule has 1 aliphatic heterocycles. The van der Waals surface area contributed by atoms with Crippen LogP contribution in [0.5, 0.6) is 5.75 Å². The number of hydrogen-bond acceptors (Lipinski definition) is 3. The third-order valence-corrected chi connectivity index (χ3v) is 2.91. The van der Waals surface area contributed by atoms with Crippen molar-refractivity contribution in [3.63, 3.8) is 0 Å². The van der Waals surface area contributed by atoms with Crippen molar-refractivity contribution in [3.05, 3.63) is 23.5 Å². The van der Waals surface area contributed by atoms with Crippen LogP contribution in [-0.2, 0) is 5.41 Å². The first-order valence-corrected chi connectivity index (χ1v) is 5.69.